The molecule has 4 aliphatic carbocycles. The van der Waals surface area contributed by atoms with Crippen molar-refractivity contribution < 1.29 is 9.59 Å². The van der Waals surface area contributed by atoms with E-state index in [1.165, 1.54) is 31.3 Å². The van der Waals surface area contributed by atoms with E-state index in [2.05, 4.69) is 35.5 Å². The molecule has 7 heteroatoms. The van der Waals surface area contributed by atoms with Gasteiger partial charge < -0.3 is 20.4 Å². The van der Waals surface area contributed by atoms with E-state index in [4.69, 9.17) is 0 Å². The van der Waals surface area contributed by atoms with Crippen molar-refractivity contribution in [2.45, 2.75) is 71.8 Å². The number of rotatable bonds is 7. The van der Waals surface area contributed by atoms with Crippen molar-refractivity contribution in [1.29, 1.82) is 0 Å². The second-order valence-electron chi connectivity index (χ2n) is 11.2. The minimum absolute atomic E-state index is 0.0446. The Morgan fingerprint density at radius 3 is 2.48 bits per heavy atom. The molecule has 1 aliphatic heterocycles. The number of carbonyl (C=O) groups is 2. The lowest BCUT2D eigenvalue weighted by Crippen LogP contribution is -2.55. The van der Waals surface area contributed by atoms with Gasteiger partial charge in [-0.1, -0.05) is 44.8 Å². The highest BCUT2D eigenvalue weighted by molar-refractivity contribution is 5.75. The number of hydrogen-bond acceptors (Lipinski definition) is 3. The molecule has 0 spiro atoms. The summed E-state index contributed by atoms with van der Waals surface area (Å²) in [7, 11) is 0. The molecular weight excluding hydrogens is 414 g/mol. The first-order valence-electron chi connectivity index (χ1n) is 13.4. The highest BCUT2D eigenvalue weighted by Gasteiger charge is 2.51. The van der Waals surface area contributed by atoms with E-state index < -0.39 is 0 Å². The third-order valence-electron chi connectivity index (χ3n) is 8.85. The van der Waals surface area contributed by atoms with Crippen molar-refractivity contribution in [2.24, 2.45) is 17.3 Å². The zero-order chi connectivity index (χ0) is 23.4. The van der Waals surface area contributed by atoms with Crippen LogP contribution in [0.4, 0.5) is 9.59 Å². The van der Waals surface area contributed by atoms with Crippen LogP contribution in [-0.2, 0) is 0 Å². The molecule has 5 aliphatic rings. The fourth-order valence-electron chi connectivity index (χ4n) is 6.34. The van der Waals surface area contributed by atoms with Crippen molar-refractivity contribution in [1.82, 2.24) is 25.3 Å². The van der Waals surface area contributed by atoms with Gasteiger partial charge in [-0.15, -0.1) is 0 Å². The largest absolute Gasteiger partial charge is 0.338 e. The Morgan fingerprint density at radius 2 is 1.85 bits per heavy atom. The molecule has 33 heavy (non-hydrogen) atoms. The van der Waals surface area contributed by atoms with Gasteiger partial charge in [-0.05, 0) is 49.9 Å². The summed E-state index contributed by atoms with van der Waals surface area (Å²) >= 11 is 0. The van der Waals surface area contributed by atoms with E-state index in [0.29, 0.717) is 23.9 Å². The van der Waals surface area contributed by atoms with Gasteiger partial charge in [0, 0.05) is 58.4 Å². The smallest absolute Gasteiger partial charge is 0.317 e. The molecule has 2 bridgehead atoms. The lowest BCUT2D eigenvalue weighted by atomic mass is 9.49. The first kappa shape index (κ1) is 24.4. The van der Waals surface area contributed by atoms with Crippen LogP contribution in [-0.4, -0.2) is 85.2 Å². The van der Waals surface area contributed by atoms with Gasteiger partial charge in [0.25, 0.3) is 0 Å². The first-order valence-corrected chi connectivity index (χ1v) is 13.4. The van der Waals surface area contributed by atoms with Crippen LogP contribution in [0.3, 0.4) is 0 Å². The van der Waals surface area contributed by atoms with E-state index in [-0.39, 0.29) is 12.1 Å². The molecule has 0 aromatic heterocycles. The highest BCUT2D eigenvalue weighted by atomic mass is 16.2. The summed E-state index contributed by atoms with van der Waals surface area (Å²) in [6.07, 6.45) is 10.9. The van der Waals surface area contributed by atoms with Crippen LogP contribution < -0.4 is 10.6 Å². The molecule has 3 fully saturated rings. The van der Waals surface area contributed by atoms with Gasteiger partial charge in [-0.3, -0.25) is 4.90 Å². The molecule has 2 unspecified atom stereocenters. The molecular formula is C26H45N5O2. The van der Waals surface area contributed by atoms with Crippen molar-refractivity contribution in [3.8, 4) is 0 Å². The lowest BCUT2D eigenvalue weighted by molar-refractivity contribution is -0.00982. The summed E-state index contributed by atoms with van der Waals surface area (Å²) < 4.78 is 0. The number of nitrogens with zero attached hydrogens (tertiary/aromatic N) is 3. The average molecular weight is 460 g/mol. The Hall–Kier alpha value is -1.76. The highest BCUT2D eigenvalue weighted by Crippen LogP contribution is 2.59. The number of fused-ring (bicyclic) bond motifs is 1. The van der Waals surface area contributed by atoms with E-state index >= 15 is 0 Å². The molecule has 0 aromatic carbocycles. The minimum Gasteiger partial charge on any atom is -0.338 e. The number of piperazine rings is 1. The Kier molecular flexibility index (Phi) is 7.87. The molecule has 2 N–H and O–H groups in total. The summed E-state index contributed by atoms with van der Waals surface area (Å²) in [5.74, 6) is 1.44. The molecule has 7 nitrogen and oxygen atoms in total. The van der Waals surface area contributed by atoms with Crippen LogP contribution >= 0.6 is 0 Å². The number of allylic oxidation sites excluding steroid dienone is 1. The fourth-order valence-corrected chi connectivity index (χ4v) is 6.34. The fraction of sp³-hybridized carbons (Fsp3) is 0.846. The van der Waals surface area contributed by atoms with Gasteiger partial charge >= 0.3 is 12.1 Å². The quantitative estimate of drug-likeness (QED) is 0.571. The minimum atomic E-state index is 0.0446. The maximum Gasteiger partial charge on any atom is 0.317 e. The second kappa shape index (κ2) is 10.7. The standard InChI is InChI=1S/C26H45N5O2/c1-4-27-24(32)31(19-20-10-11-21-18-23(20)26(21,2)3)17-14-29-12-15-30(16-13-29)25(33)28-22-8-6-5-7-9-22/h10,21-23H,4-9,11-19H2,1-3H3,(H,27,32)(H,28,33). The Morgan fingerprint density at radius 1 is 1.12 bits per heavy atom. The Labute approximate surface area is 200 Å². The topological polar surface area (TPSA) is 67.9 Å². The van der Waals surface area contributed by atoms with Crippen LogP contribution in [0.1, 0.15) is 65.7 Å². The maximum absolute atomic E-state index is 12.8. The van der Waals surface area contributed by atoms with Gasteiger partial charge in [-0.25, -0.2) is 9.59 Å². The van der Waals surface area contributed by atoms with Crippen LogP contribution in [0.25, 0.3) is 0 Å². The SMILES string of the molecule is CCNC(=O)N(CCN1CCN(C(=O)NC2CCCCC2)CC1)CC1=CCC2CC1C2(C)C. The molecule has 5 rings (SSSR count). The van der Waals surface area contributed by atoms with Crippen molar-refractivity contribution in [3.63, 3.8) is 0 Å². The zero-order valence-electron chi connectivity index (χ0n) is 21.1. The summed E-state index contributed by atoms with van der Waals surface area (Å²) in [4.78, 5) is 31.8. The molecule has 2 atom stereocenters. The van der Waals surface area contributed by atoms with Crippen molar-refractivity contribution in [3.05, 3.63) is 11.6 Å². The normalized spacial score (nSPS) is 27.4. The number of carbonyl (C=O) groups excluding carboxylic acids is 2. The Bertz CT molecular complexity index is 722. The molecule has 2 saturated carbocycles. The van der Waals surface area contributed by atoms with Gasteiger partial charge in [-0.2, -0.15) is 0 Å². The van der Waals surface area contributed by atoms with E-state index in [9.17, 15) is 9.59 Å². The Balaban J connectivity index is 1.24. The summed E-state index contributed by atoms with van der Waals surface area (Å²) in [5.41, 5.74) is 1.84. The predicted octanol–water partition coefficient (Wildman–Crippen LogP) is 3.67. The van der Waals surface area contributed by atoms with E-state index in [1.54, 1.807) is 0 Å². The van der Waals surface area contributed by atoms with Crippen molar-refractivity contribution in [2.75, 3.05) is 52.4 Å². The van der Waals surface area contributed by atoms with Gasteiger partial charge in [0.1, 0.15) is 0 Å². The van der Waals surface area contributed by atoms with Gasteiger partial charge in [0.2, 0.25) is 0 Å². The number of urea groups is 2. The summed E-state index contributed by atoms with van der Waals surface area (Å²) in [6.45, 7) is 13.0. The summed E-state index contributed by atoms with van der Waals surface area (Å²) in [6, 6.07) is 0.513. The summed E-state index contributed by atoms with van der Waals surface area (Å²) in [5, 5.41) is 6.26. The molecule has 1 saturated heterocycles. The molecule has 4 amide bonds. The van der Waals surface area contributed by atoms with Gasteiger partial charge in [0.05, 0.1) is 0 Å². The second-order valence-corrected chi connectivity index (χ2v) is 11.2. The third kappa shape index (κ3) is 5.67. The van der Waals surface area contributed by atoms with Crippen LogP contribution in [0.15, 0.2) is 11.6 Å². The van der Waals surface area contributed by atoms with E-state index in [1.807, 2.05) is 16.7 Å². The van der Waals surface area contributed by atoms with Crippen LogP contribution in [0.2, 0.25) is 0 Å². The zero-order valence-corrected chi connectivity index (χ0v) is 21.1. The maximum atomic E-state index is 12.8. The average Bonchev–Trinajstić information content (AvgIpc) is 2.82. The number of amides is 4. The van der Waals surface area contributed by atoms with E-state index in [0.717, 1.165) is 71.0 Å². The van der Waals surface area contributed by atoms with Gasteiger partial charge in [0.15, 0.2) is 0 Å². The molecule has 0 radical (unpaired) electrons. The first-order chi connectivity index (χ1) is 15.9. The van der Waals surface area contributed by atoms with Crippen LogP contribution in [0, 0.1) is 17.3 Å². The van der Waals surface area contributed by atoms with Crippen LogP contribution in [0.5, 0.6) is 0 Å². The molecule has 0 aromatic rings. The predicted molar refractivity (Wildman–Crippen MR) is 132 cm³/mol. The molecule has 186 valence electrons. The monoisotopic (exact) mass is 459 g/mol. The number of hydrogen-bond donors (Lipinski definition) is 2. The molecule has 1 heterocycles. The lowest BCUT2D eigenvalue weighted by Gasteiger charge is -2.57. The third-order valence-corrected chi connectivity index (χ3v) is 8.85. The number of nitrogens with one attached hydrogen (secondary N) is 2. The van der Waals surface area contributed by atoms with Crippen molar-refractivity contribution >= 4 is 12.1 Å².